The van der Waals surface area contributed by atoms with Gasteiger partial charge in [0.1, 0.15) is 0 Å². The first kappa shape index (κ1) is 13.9. The van der Waals surface area contributed by atoms with Gasteiger partial charge in [-0.05, 0) is 49.1 Å². The molecule has 1 aliphatic carbocycles. The Morgan fingerprint density at radius 2 is 2.00 bits per heavy atom. The van der Waals surface area contributed by atoms with Crippen LogP contribution in [0.4, 0.5) is 0 Å². The minimum Gasteiger partial charge on any atom is -0.323 e. The maximum atomic E-state index is 6.50. The van der Waals surface area contributed by atoms with E-state index in [0.29, 0.717) is 5.95 Å². The van der Waals surface area contributed by atoms with Crippen LogP contribution in [-0.4, -0.2) is 14.5 Å². The van der Waals surface area contributed by atoms with Crippen molar-refractivity contribution in [3.05, 3.63) is 52.4 Å². The summed E-state index contributed by atoms with van der Waals surface area (Å²) in [5.41, 5.74) is 10.2. The van der Waals surface area contributed by atoms with Crippen molar-refractivity contribution in [2.24, 2.45) is 5.73 Å². The first-order valence-corrected chi connectivity index (χ1v) is 8.40. The molecular weight excluding hydrogens is 340 g/mol. The van der Waals surface area contributed by atoms with Crippen LogP contribution in [0.5, 0.6) is 0 Å². The third kappa shape index (κ3) is 2.16. The first-order valence-electron chi connectivity index (χ1n) is 7.61. The molecule has 5 heteroatoms. The van der Waals surface area contributed by atoms with E-state index in [4.69, 9.17) is 5.73 Å². The molecule has 0 fully saturated rings. The lowest BCUT2D eigenvalue weighted by Crippen LogP contribution is -2.16. The third-order valence-electron chi connectivity index (χ3n) is 4.37. The van der Waals surface area contributed by atoms with E-state index in [2.05, 4.69) is 48.7 Å². The molecule has 0 amide bonds. The highest BCUT2D eigenvalue weighted by Gasteiger charge is 2.25. The van der Waals surface area contributed by atoms with Crippen LogP contribution in [0.15, 0.2) is 41.1 Å². The Hall–Kier alpha value is -1.72. The molecule has 2 N–H and O–H groups in total. The number of benzene rings is 1. The summed E-state index contributed by atoms with van der Waals surface area (Å²) in [6.07, 6.45) is 7.99. The largest absolute Gasteiger partial charge is 0.323 e. The molecule has 0 saturated carbocycles. The number of halogens is 1. The van der Waals surface area contributed by atoms with Crippen molar-refractivity contribution in [2.75, 3.05) is 0 Å². The minimum absolute atomic E-state index is 0.0347. The van der Waals surface area contributed by atoms with Crippen LogP contribution in [0.3, 0.4) is 0 Å². The molecule has 0 bridgehead atoms. The summed E-state index contributed by atoms with van der Waals surface area (Å²) in [6, 6.07) is 8.24. The zero-order chi connectivity index (χ0) is 15.1. The lowest BCUT2D eigenvalue weighted by atomic mass is 10.1. The summed E-state index contributed by atoms with van der Waals surface area (Å²) in [5.74, 6) is 0.702. The topological polar surface area (TPSA) is 56.7 Å². The monoisotopic (exact) mass is 356 g/mol. The highest BCUT2D eigenvalue weighted by molar-refractivity contribution is 9.10. The van der Waals surface area contributed by atoms with Gasteiger partial charge >= 0.3 is 0 Å². The van der Waals surface area contributed by atoms with E-state index in [1.807, 2.05) is 6.07 Å². The summed E-state index contributed by atoms with van der Waals surface area (Å²) in [7, 11) is 0. The predicted molar refractivity (Wildman–Crippen MR) is 91.0 cm³/mol. The number of nitrogens with two attached hydrogens (primary N) is 1. The molecule has 4 rings (SSSR count). The van der Waals surface area contributed by atoms with Crippen LogP contribution in [0.25, 0.3) is 16.9 Å². The van der Waals surface area contributed by atoms with Crippen molar-refractivity contribution in [3.8, 4) is 5.95 Å². The van der Waals surface area contributed by atoms with Gasteiger partial charge in [0.05, 0.1) is 5.52 Å². The molecule has 2 heterocycles. The standard InChI is InChI=1S/C17H17BrN4/c18-11-6-7-15-13(10-11)12-4-1-2-5-14(19)16(12)22(15)17-20-8-3-9-21-17/h3,6-10,14H,1-2,4-5,19H2. The van der Waals surface area contributed by atoms with Crippen LogP contribution < -0.4 is 5.73 Å². The fourth-order valence-electron chi connectivity index (χ4n) is 3.42. The fraction of sp³-hybridized carbons (Fsp3) is 0.294. The van der Waals surface area contributed by atoms with E-state index in [0.717, 1.165) is 22.8 Å². The number of nitrogens with zero attached hydrogens (tertiary/aromatic N) is 3. The van der Waals surface area contributed by atoms with E-state index in [-0.39, 0.29) is 6.04 Å². The molecule has 1 aliphatic rings. The van der Waals surface area contributed by atoms with Crippen LogP contribution in [0.2, 0.25) is 0 Å². The zero-order valence-corrected chi connectivity index (χ0v) is 13.8. The molecule has 0 radical (unpaired) electrons. The van der Waals surface area contributed by atoms with Gasteiger partial charge in [-0.2, -0.15) is 0 Å². The average Bonchev–Trinajstić information content (AvgIpc) is 2.73. The van der Waals surface area contributed by atoms with Crippen molar-refractivity contribution in [3.63, 3.8) is 0 Å². The van der Waals surface area contributed by atoms with Crippen LogP contribution in [0.1, 0.15) is 36.6 Å². The zero-order valence-electron chi connectivity index (χ0n) is 12.2. The Kier molecular flexibility index (Phi) is 3.47. The summed E-state index contributed by atoms with van der Waals surface area (Å²) in [6.45, 7) is 0. The lowest BCUT2D eigenvalue weighted by Gasteiger charge is -2.14. The summed E-state index contributed by atoms with van der Waals surface area (Å²) < 4.78 is 3.24. The van der Waals surface area contributed by atoms with Gasteiger partial charge in [0.15, 0.2) is 0 Å². The van der Waals surface area contributed by atoms with Crippen molar-refractivity contribution < 1.29 is 0 Å². The molecular formula is C17H17BrN4. The number of hydrogen-bond acceptors (Lipinski definition) is 3. The van der Waals surface area contributed by atoms with Gasteiger partial charge in [0.2, 0.25) is 5.95 Å². The fourth-order valence-corrected chi connectivity index (χ4v) is 3.79. The second-order valence-electron chi connectivity index (χ2n) is 5.76. The van der Waals surface area contributed by atoms with Gasteiger partial charge in [0.25, 0.3) is 0 Å². The maximum Gasteiger partial charge on any atom is 0.234 e. The third-order valence-corrected chi connectivity index (χ3v) is 4.86. The number of rotatable bonds is 1. The number of aromatic nitrogens is 3. The Morgan fingerprint density at radius 3 is 2.82 bits per heavy atom. The van der Waals surface area contributed by atoms with Gasteiger partial charge in [0, 0.05) is 34.0 Å². The van der Waals surface area contributed by atoms with Crippen molar-refractivity contribution in [1.82, 2.24) is 14.5 Å². The maximum absolute atomic E-state index is 6.50. The molecule has 1 atom stereocenters. The number of hydrogen-bond donors (Lipinski definition) is 1. The van der Waals surface area contributed by atoms with Gasteiger partial charge in [-0.3, -0.25) is 4.57 Å². The van der Waals surface area contributed by atoms with E-state index in [9.17, 15) is 0 Å². The molecule has 0 saturated heterocycles. The smallest absolute Gasteiger partial charge is 0.234 e. The quantitative estimate of drug-likeness (QED) is 0.672. The summed E-state index contributed by atoms with van der Waals surface area (Å²) >= 11 is 3.59. The number of aryl methyl sites for hydroxylation is 1. The molecule has 1 aromatic carbocycles. The average molecular weight is 357 g/mol. The van der Waals surface area contributed by atoms with E-state index < -0.39 is 0 Å². The second-order valence-corrected chi connectivity index (χ2v) is 6.68. The number of fused-ring (bicyclic) bond motifs is 3. The highest BCUT2D eigenvalue weighted by Crippen LogP contribution is 2.37. The molecule has 0 aliphatic heterocycles. The predicted octanol–water partition coefficient (Wildman–Crippen LogP) is 3.91. The molecule has 4 nitrogen and oxygen atoms in total. The summed E-state index contributed by atoms with van der Waals surface area (Å²) in [5, 5.41) is 1.26. The van der Waals surface area contributed by atoms with Crippen molar-refractivity contribution in [2.45, 2.75) is 31.7 Å². The highest BCUT2D eigenvalue weighted by atomic mass is 79.9. The molecule has 2 aromatic heterocycles. The van der Waals surface area contributed by atoms with Gasteiger partial charge in [-0.1, -0.05) is 22.4 Å². The summed E-state index contributed by atoms with van der Waals surface area (Å²) in [4.78, 5) is 8.90. The van der Waals surface area contributed by atoms with Crippen LogP contribution >= 0.6 is 15.9 Å². The van der Waals surface area contributed by atoms with Crippen molar-refractivity contribution >= 4 is 26.8 Å². The Labute approximate surface area is 137 Å². The minimum atomic E-state index is 0.0347. The van der Waals surface area contributed by atoms with E-state index >= 15 is 0 Å². The molecule has 22 heavy (non-hydrogen) atoms. The molecule has 1 unspecified atom stereocenters. The Bertz CT molecular complexity index is 826. The van der Waals surface area contributed by atoms with Gasteiger partial charge < -0.3 is 5.73 Å². The Balaban J connectivity index is 2.10. The van der Waals surface area contributed by atoms with E-state index in [1.54, 1.807) is 12.4 Å². The van der Waals surface area contributed by atoms with Gasteiger partial charge in [-0.15, -0.1) is 0 Å². The lowest BCUT2D eigenvalue weighted by molar-refractivity contribution is 0.595. The molecule has 3 aromatic rings. The second kappa shape index (κ2) is 5.48. The normalized spacial score (nSPS) is 18.2. The molecule has 0 spiro atoms. The van der Waals surface area contributed by atoms with Crippen molar-refractivity contribution in [1.29, 1.82) is 0 Å². The molecule has 112 valence electrons. The first-order chi connectivity index (χ1) is 10.8. The van der Waals surface area contributed by atoms with Crippen LogP contribution in [0, 0.1) is 0 Å². The SMILES string of the molecule is NC1CCCCc2c1n(-c1ncccn1)c1ccc(Br)cc21. The Morgan fingerprint density at radius 1 is 1.18 bits per heavy atom. The van der Waals surface area contributed by atoms with Crippen LogP contribution in [-0.2, 0) is 6.42 Å². The van der Waals surface area contributed by atoms with E-state index in [1.165, 1.54) is 29.5 Å². The van der Waals surface area contributed by atoms with Gasteiger partial charge in [-0.25, -0.2) is 9.97 Å².